The summed E-state index contributed by atoms with van der Waals surface area (Å²) in [7, 11) is 0. The van der Waals surface area contributed by atoms with Crippen LogP contribution in [0.1, 0.15) is 0 Å². The molecule has 0 atom stereocenters. The van der Waals surface area contributed by atoms with Crippen LogP contribution in [0.25, 0.3) is 22.6 Å². The van der Waals surface area contributed by atoms with Crippen molar-refractivity contribution >= 4 is 0 Å². The summed E-state index contributed by atoms with van der Waals surface area (Å²) in [6, 6.07) is 13.2. The molecule has 0 saturated heterocycles. The first-order valence-electron chi connectivity index (χ1n) is 5.83. The normalized spacial score (nSPS) is 10.6. The number of rotatable bonds is 2. The SMILES string of the molecule is Oc1ccccc1-c1ncc(-c2cccc(F)c2)[nH]1. The van der Waals surface area contributed by atoms with Crippen molar-refractivity contribution in [1.29, 1.82) is 0 Å². The van der Waals surface area contributed by atoms with Crippen molar-refractivity contribution in [2.75, 3.05) is 0 Å². The number of aromatic amines is 1. The predicted molar refractivity (Wildman–Crippen MR) is 71.1 cm³/mol. The molecule has 1 heterocycles. The Labute approximate surface area is 109 Å². The molecule has 3 rings (SSSR count). The van der Waals surface area contributed by atoms with Crippen LogP contribution in [0, 0.1) is 5.82 Å². The van der Waals surface area contributed by atoms with E-state index >= 15 is 0 Å². The summed E-state index contributed by atoms with van der Waals surface area (Å²) in [6.45, 7) is 0. The van der Waals surface area contributed by atoms with Gasteiger partial charge in [0.25, 0.3) is 0 Å². The number of halogens is 1. The smallest absolute Gasteiger partial charge is 0.141 e. The van der Waals surface area contributed by atoms with E-state index < -0.39 is 0 Å². The van der Waals surface area contributed by atoms with Gasteiger partial charge in [0.1, 0.15) is 17.4 Å². The van der Waals surface area contributed by atoms with Gasteiger partial charge in [-0.05, 0) is 24.3 Å². The van der Waals surface area contributed by atoms with E-state index in [1.807, 2.05) is 6.07 Å². The summed E-state index contributed by atoms with van der Waals surface area (Å²) < 4.78 is 13.2. The van der Waals surface area contributed by atoms with Crippen LogP contribution >= 0.6 is 0 Å². The van der Waals surface area contributed by atoms with E-state index in [0.717, 1.165) is 0 Å². The average Bonchev–Trinajstić information content (AvgIpc) is 2.89. The molecule has 0 unspecified atom stereocenters. The predicted octanol–water partition coefficient (Wildman–Crippen LogP) is 3.59. The molecule has 0 aliphatic heterocycles. The zero-order chi connectivity index (χ0) is 13.2. The largest absolute Gasteiger partial charge is 0.507 e. The van der Waals surface area contributed by atoms with Gasteiger partial charge in [-0.2, -0.15) is 0 Å². The lowest BCUT2D eigenvalue weighted by molar-refractivity contribution is 0.477. The lowest BCUT2D eigenvalue weighted by Gasteiger charge is -2.00. The number of hydrogen-bond acceptors (Lipinski definition) is 2. The summed E-state index contributed by atoms with van der Waals surface area (Å²) >= 11 is 0. The Balaban J connectivity index is 2.03. The molecule has 0 aliphatic rings. The lowest BCUT2D eigenvalue weighted by atomic mass is 10.1. The van der Waals surface area contributed by atoms with E-state index in [1.165, 1.54) is 12.1 Å². The highest BCUT2D eigenvalue weighted by atomic mass is 19.1. The fourth-order valence-corrected chi connectivity index (χ4v) is 1.93. The van der Waals surface area contributed by atoms with Gasteiger partial charge in [0.15, 0.2) is 0 Å². The third kappa shape index (κ3) is 2.20. The van der Waals surface area contributed by atoms with Crippen LogP contribution < -0.4 is 0 Å². The van der Waals surface area contributed by atoms with E-state index in [-0.39, 0.29) is 11.6 Å². The zero-order valence-electron chi connectivity index (χ0n) is 9.97. The second-order valence-corrected chi connectivity index (χ2v) is 4.17. The molecule has 0 aliphatic carbocycles. The first kappa shape index (κ1) is 11.5. The Morgan fingerprint density at radius 3 is 2.68 bits per heavy atom. The lowest BCUT2D eigenvalue weighted by Crippen LogP contribution is -1.82. The minimum atomic E-state index is -0.295. The van der Waals surface area contributed by atoms with Crippen molar-refractivity contribution in [3.05, 3.63) is 60.5 Å². The van der Waals surface area contributed by atoms with Crippen LogP contribution in [0.2, 0.25) is 0 Å². The fraction of sp³-hybridized carbons (Fsp3) is 0. The molecular weight excluding hydrogens is 243 g/mol. The monoisotopic (exact) mass is 254 g/mol. The molecule has 0 saturated carbocycles. The van der Waals surface area contributed by atoms with Gasteiger partial charge in [-0.15, -0.1) is 0 Å². The third-order valence-electron chi connectivity index (χ3n) is 2.87. The molecule has 19 heavy (non-hydrogen) atoms. The Morgan fingerprint density at radius 1 is 1.05 bits per heavy atom. The summed E-state index contributed by atoms with van der Waals surface area (Å²) in [5.41, 5.74) is 2.04. The highest BCUT2D eigenvalue weighted by Crippen LogP contribution is 2.28. The van der Waals surface area contributed by atoms with Crippen LogP contribution in [0.4, 0.5) is 4.39 Å². The van der Waals surface area contributed by atoms with Gasteiger partial charge in [0, 0.05) is 5.56 Å². The van der Waals surface area contributed by atoms with Gasteiger partial charge in [0.05, 0.1) is 17.5 Å². The number of phenols is 1. The van der Waals surface area contributed by atoms with Crippen LogP contribution in [0.5, 0.6) is 5.75 Å². The number of imidazole rings is 1. The maximum absolute atomic E-state index is 13.2. The van der Waals surface area contributed by atoms with E-state index in [9.17, 15) is 9.50 Å². The topological polar surface area (TPSA) is 48.9 Å². The number of phenolic OH excluding ortho intramolecular Hbond substituents is 1. The van der Waals surface area contributed by atoms with Gasteiger partial charge in [0.2, 0.25) is 0 Å². The van der Waals surface area contributed by atoms with E-state index in [2.05, 4.69) is 9.97 Å². The molecule has 0 bridgehead atoms. The molecule has 1 aromatic heterocycles. The maximum Gasteiger partial charge on any atom is 0.141 e. The molecule has 3 nitrogen and oxygen atoms in total. The van der Waals surface area contributed by atoms with Crippen molar-refractivity contribution < 1.29 is 9.50 Å². The molecule has 94 valence electrons. The average molecular weight is 254 g/mol. The Kier molecular flexibility index (Phi) is 2.76. The number of para-hydroxylation sites is 1. The molecular formula is C15H11FN2O. The minimum Gasteiger partial charge on any atom is -0.507 e. The number of benzene rings is 2. The molecule has 0 fully saturated rings. The van der Waals surface area contributed by atoms with Gasteiger partial charge in [-0.1, -0.05) is 24.3 Å². The highest BCUT2D eigenvalue weighted by molar-refractivity contribution is 5.68. The van der Waals surface area contributed by atoms with Crippen LogP contribution in [-0.4, -0.2) is 15.1 Å². The summed E-state index contributed by atoms with van der Waals surface area (Å²) in [5, 5.41) is 9.77. The molecule has 4 heteroatoms. The second-order valence-electron chi connectivity index (χ2n) is 4.17. The van der Waals surface area contributed by atoms with Crippen LogP contribution in [0.15, 0.2) is 54.7 Å². The minimum absolute atomic E-state index is 0.155. The number of hydrogen-bond donors (Lipinski definition) is 2. The van der Waals surface area contributed by atoms with E-state index in [0.29, 0.717) is 22.6 Å². The molecule has 3 aromatic rings. The third-order valence-corrected chi connectivity index (χ3v) is 2.87. The molecule has 2 N–H and O–H groups in total. The highest BCUT2D eigenvalue weighted by Gasteiger charge is 2.08. The number of aromatic hydroxyl groups is 1. The van der Waals surface area contributed by atoms with Gasteiger partial charge < -0.3 is 10.1 Å². The standard InChI is InChI=1S/C15H11FN2O/c16-11-5-3-4-10(8-11)13-9-17-15(18-13)12-6-1-2-7-14(12)19/h1-9,19H,(H,17,18). The van der Waals surface area contributed by atoms with Crippen molar-refractivity contribution in [1.82, 2.24) is 9.97 Å². The maximum atomic E-state index is 13.2. The number of aromatic nitrogens is 2. The Morgan fingerprint density at radius 2 is 1.89 bits per heavy atom. The van der Waals surface area contributed by atoms with Gasteiger partial charge in [-0.25, -0.2) is 9.37 Å². The molecule has 0 amide bonds. The van der Waals surface area contributed by atoms with Crippen LogP contribution in [-0.2, 0) is 0 Å². The Hall–Kier alpha value is -2.62. The summed E-state index contributed by atoms with van der Waals surface area (Å²) in [6.07, 6.45) is 1.62. The fourth-order valence-electron chi connectivity index (χ4n) is 1.93. The van der Waals surface area contributed by atoms with Gasteiger partial charge >= 0.3 is 0 Å². The Bertz CT molecular complexity index is 721. The molecule has 0 radical (unpaired) electrons. The molecule has 0 spiro atoms. The first-order chi connectivity index (χ1) is 9.24. The van der Waals surface area contributed by atoms with Crippen molar-refractivity contribution in [3.8, 4) is 28.4 Å². The molecule has 2 aromatic carbocycles. The van der Waals surface area contributed by atoms with Crippen molar-refractivity contribution in [2.24, 2.45) is 0 Å². The van der Waals surface area contributed by atoms with E-state index in [1.54, 1.807) is 36.5 Å². The van der Waals surface area contributed by atoms with Crippen molar-refractivity contribution in [2.45, 2.75) is 0 Å². The zero-order valence-corrected chi connectivity index (χ0v) is 9.97. The van der Waals surface area contributed by atoms with E-state index in [4.69, 9.17) is 0 Å². The van der Waals surface area contributed by atoms with Gasteiger partial charge in [-0.3, -0.25) is 0 Å². The number of H-pyrrole nitrogens is 1. The summed E-state index contributed by atoms with van der Waals surface area (Å²) in [4.78, 5) is 7.29. The first-order valence-corrected chi connectivity index (χ1v) is 5.83. The second kappa shape index (κ2) is 4.57. The number of nitrogens with zero attached hydrogens (tertiary/aromatic N) is 1. The summed E-state index contributed by atoms with van der Waals surface area (Å²) in [5.74, 6) is 0.413. The van der Waals surface area contributed by atoms with Crippen molar-refractivity contribution in [3.63, 3.8) is 0 Å². The van der Waals surface area contributed by atoms with Crippen LogP contribution in [0.3, 0.4) is 0 Å². The quantitative estimate of drug-likeness (QED) is 0.734. The number of nitrogens with one attached hydrogen (secondary N) is 1.